The molecule has 0 atom stereocenters. The lowest BCUT2D eigenvalue weighted by Gasteiger charge is -2.25. The van der Waals surface area contributed by atoms with Crippen molar-refractivity contribution in [3.8, 4) is 0 Å². The van der Waals surface area contributed by atoms with E-state index < -0.39 is 15.4 Å². The number of nitrogen functional groups attached to an aromatic ring is 1. The molecule has 0 saturated carbocycles. The first-order chi connectivity index (χ1) is 15.0. The Morgan fingerprint density at radius 2 is 1.84 bits per heavy atom. The molecule has 170 valence electrons. The number of carbonyl (C=O) groups is 1. The highest BCUT2D eigenvalue weighted by Gasteiger charge is 2.22. The zero-order valence-corrected chi connectivity index (χ0v) is 19.3. The number of aromatic amines is 1. The van der Waals surface area contributed by atoms with Crippen LogP contribution in [-0.2, 0) is 21.9 Å². The van der Waals surface area contributed by atoms with Gasteiger partial charge in [-0.05, 0) is 41.8 Å². The monoisotopic (exact) mass is 455 g/mol. The highest BCUT2D eigenvalue weighted by molar-refractivity contribution is 7.88. The second-order valence-electron chi connectivity index (χ2n) is 8.56. The van der Waals surface area contributed by atoms with Gasteiger partial charge in [0.05, 0.1) is 6.26 Å². The highest BCUT2D eigenvalue weighted by atomic mass is 32.2. The number of aromatic nitrogens is 1. The molecule has 9 heteroatoms. The average Bonchev–Trinajstić information content (AvgIpc) is 3.15. The van der Waals surface area contributed by atoms with E-state index in [2.05, 4.69) is 15.0 Å². The zero-order valence-electron chi connectivity index (χ0n) is 18.5. The first-order valence-electron chi connectivity index (χ1n) is 10.2. The molecule has 0 aliphatic heterocycles. The summed E-state index contributed by atoms with van der Waals surface area (Å²) >= 11 is 0. The lowest BCUT2D eigenvalue weighted by atomic mass is 9.84. The highest BCUT2D eigenvalue weighted by Crippen LogP contribution is 2.23. The standard InChI is InChI=1S/C23H29N5O3S/c1-23(2,14-28-32(3,30)31)17-7-5-16(6-8-17)22(29)26-11-10-15-4-9-20-18(12-15)19(13-27-20)21(24)25/h4-9,12-13,27-28H,10-11,14H2,1-3H3,(H3,24,25)(H,26,29). The van der Waals surface area contributed by atoms with Crippen molar-refractivity contribution >= 4 is 32.7 Å². The number of hydrogen-bond acceptors (Lipinski definition) is 4. The maximum Gasteiger partial charge on any atom is 0.251 e. The number of nitrogens with one attached hydrogen (secondary N) is 4. The van der Waals surface area contributed by atoms with Crippen LogP contribution in [0, 0.1) is 5.41 Å². The van der Waals surface area contributed by atoms with Gasteiger partial charge in [-0.2, -0.15) is 0 Å². The van der Waals surface area contributed by atoms with Crippen LogP contribution in [0.1, 0.15) is 40.9 Å². The van der Waals surface area contributed by atoms with E-state index in [1.807, 2.05) is 44.2 Å². The van der Waals surface area contributed by atoms with Crippen molar-refractivity contribution in [2.24, 2.45) is 5.73 Å². The molecule has 0 unspecified atom stereocenters. The van der Waals surface area contributed by atoms with Crippen LogP contribution in [0.3, 0.4) is 0 Å². The molecule has 32 heavy (non-hydrogen) atoms. The van der Waals surface area contributed by atoms with Crippen LogP contribution in [0.2, 0.25) is 0 Å². The molecular weight excluding hydrogens is 426 g/mol. The van der Waals surface area contributed by atoms with E-state index in [0.717, 1.165) is 28.3 Å². The van der Waals surface area contributed by atoms with E-state index >= 15 is 0 Å². The molecule has 0 aliphatic carbocycles. The molecule has 3 rings (SSSR count). The van der Waals surface area contributed by atoms with Crippen LogP contribution in [-0.4, -0.2) is 44.5 Å². The van der Waals surface area contributed by atoms with Crippen molar-refractivity contribution in [3.05, 3.63) is 70.9 Å². The first-order valence-corrected chi connectivity index (χ1v) is 12.1. The minimum Gasteiger partial charge on any atom is -0.384 e. The van der Waals surface area contributed by atoms with Crippen molar-refractivity contribution < 1.29 is 13.2 Å². The van der Waals surface area contributed by atoms with E-state index in [1.54, 1.807) is 18.3 Å². The Labute approximate surface area is 188 Å². The number of benzene rings is 2. The van der Waals surface area contributed by atoms with Crippen molar-refractivity contribution in [1.82, 2.24) is 15.0 Å². The van der Waals surface area contributed by atoms with Crippen molar-refractivity contribution in [2.45, 2.75) is 25.7 Å². The van der Waals surface area contributed by atoms with Crippen LogP contribution in [0.15, 0.2) is 48.7 Å². The fourth-order valence-electron chi connectivity index (χ4n) is 3.45. The molecule has 0 aliphatic rings. The average molecular weight is 456 g/mol. The Hall–Kier alpha value is -3.17. The number of sulfonamides is 1. The number of hydrogen-bond donors (Lipinski definition) is 5. The number of amides is 1. The summed E-state index contributed by atoms with van der Waals surface area (Å²) in [6, 6.07) is 13.1. The van der Waals surface area contributed by atoms with E-state index in [1.165, 1.54) is 0 Å². The molecule has 0 fully saturated rings. The van der Waals surface area contributed by atoms with E-state index in [0.29, 0.717) is 24.1 Å². The molecule has 0 bridgehead atoms. The summed E-state index contributed by atoms with van der Waals surface area (Å²) in [6.07, 6.45) is 3.50. The summed E-state index contributed by atoms with van der Waals surface area (Å²) in [4.78, 5) is 15.6. The molecule has 0 saturated heterocycles. The summed E-state index contributed by atoms with van der Waals surface area (Å²) in [5.41, 5.74) is 9.32. The molecule has 8 nitrogen and oxygen atoms in total. The van der Waals surface area contributed by atoms with Crippen LogP contribution in [0.5, 0.6) is 0 Å². The summed E-state index contributed by atoms with van der Waals surface area (Å²) in [5, 5.41) is 11.5. The van der Waals surface area contributed by atoms with Crippen molar-refractivity contribution in [3.63, 3.8) is 0 Å². The first kappa shape index (κ1) is 23.5. The van der Waals surface area contributed by atoms with Gasteiger partial charge in [0.1, 0.15) is 5.84 Å². The number of rotatable bonds is 9. The van der Waals surface area contributed by atoms with Crippen LogP contribution in [0.25, 0.3) is 10.9 Å². The van der Waals surface area contributed by atoms with E-state index in [-0.39, 0.29) is 18.3 Å². The minimum absolute atomic E-state index is 0.0143. The van der Waals surface area contributed by atoms with Crippen LogP contribution in [0.4, 0.5) is 0 Å². The molecule has 1 amide bonds. The number of fused-ring (bicyclic) bond motifs is 1. The predicted octanol–water partition coefficient (Wildman–Crippen LogP) is 2.25. The van der Waals surface area contributed by atoms with Gasteiger partial charge < -0.3 is 16.0 Å². The SMILES string of the molecule is CC(C)(CNS(C)(=O)=O)c1ccc(C(=O)NCCc2ccc3[nH]cc(C(=N)N)c3c2)cc1. The summed E-state index contributed by atoms with van der Waals surface area (Å²) < 4.78 is 25.3. The Morgan fingerprint density at radius 3 is 2.47 bits per heavy atom. The normalized spacial score (nSPS) is 12.1. The van der Waals surface area contributed by atoms with E-state index in [9.17, 15) is 13.2 Å². The third kappa shape index (κ3) is 5.74. The van der Waals surface area contributed by atoms with Crippen LogP contribution < -0.4 is 15.8 Å². The number of H-pyrrole nitrogens is 1. The Balaban J connectivity index is 1.59. The van der Waals surface area contributed by atoms with Gasteiger partial charge in [-0.1, -0.05) is 32.0 Å². The number of amidine groups is 1. The molecule has 3 aromatic rings. The lowest BCUT2D eigenvalue weighted by Crippen LogP contribution is -2.36. The quantitative estimate of drug-likeness (QED) is 0.249. The van der Waals surface area contributed by atoms with Gasteiger partial charge in [-0.3, -0.25) is 10.2 Å². The Morgan fingerprint density at radius 1 is 1.16 bits per heavy atom. The van der Waals surface area contributed by atoms with Crippen molar-refractivity contribution in [2.75, 3.05) is 19.3 Å². The molecule has 1 aromatic heterocycles. The van der Waals surface area contributed by atoms with Gasteiger partial charge in [-0.25, -0.2) is 13.1 Å². The Kier molecular flexibility index (Phi) is 6.71. The van der Waals surface area contributed by atoms with Gasteiger partial charge in [-0.15, -0.1) is 0 Å². The second kappa shape index (κ2) is 9.13. The molecule has 6 N–H and O–H groups in total. The maximum absolute atomic E-state index is 12.5. The van der Waals surface area contributed by atoms with Gasteiger partial charge in [0.15, 0.2) is 0 Å². The molecule has 2 aromatic carbocycles. The molecular formula is C23H29N5O3S. The topological polar surface area (TPSA) is 141 Å². The summed E-state index contributed by atoms with van der Waals surface area (Å²) in [7, 11) is -3.27. The number of carbonyl (C=O) groups excluding carboxylic acids is 1. The summed E-state index contributed by atoms with van der Waals surface area (Å²) in [6.45, 7) is 4.63. The smallest absolute Gasteiger partial charge is 0.251 e. The largest absolute Gasteiger partial charge is 0.384 e. The molecule has 0 spiro atoms. The third-order valence-corrected chi connectivity index (χ3v) is 6.11. The van der Waals surface area contributed by atoms with Gasteiger partial charge in [0.25, 0.3) is 5.91 Å². The van der Waals surface area contributed by atoms with Gasteiger partial charge in [0.2, 0.25) is 10.0 Å². The zero-order chi connectivity index (χ0) is 23.5. The van der Waals surface area contributed by atoms with E-state index in [4.69, 9.17) is 11.1 Å². The van der Waals surface area contributed by atoms with Crippen LogP contribution >= 0.6 is 0 Å². The molecule has 0 radical (unpaired) electrons. The maximum atomic E-state index is 12.5. The lowest BCUT2D eigenvalue weighted by molar-refractivity contribution is 0.0954. The fourth-order valence-corrected chi connectivity index (χ4v) is 4.08. The fraction of sp³-hybridized carbons (Fsp3) is 0.304. The minimum atomic E-state index is -3.27. The Bertz CT molecular complexity index is 1240. The van der Waals surface area contributed by atoms with Gasteiger partial charge >= 0.3 is 0 Å². The summed E-state index contributed by atoms with van der Waals surface area (Å²) in [5.74, 6) is -0.156. The predicted molar refractivity (Wildman–Crippen MR) is 128 cm³/mol. The number of nitrogens with two attached hydrogens (primary N) is 1. The second-order valence-corrected chi connectivity index (χ2v) is 10.4. The van der Waals surface area contributed by atoms with Gasteiger partial charge in [0, 0.05) is 46.7 Å². The third-order valence-electron chi connectivity index (χ3n) is 5.44. The molecule has 1 heterocycles. The van der Waals surface area contributed by atoms with Crippen molar-refractivity contribution in [1.29, 1.82) is 5.41 Å².